The quantitative estimate of drug-likeness (QED) is 0.361. The highest BCUT2D eigenvalue weighted by molar-refractivity contribution is 6.08. The van der Waals surface area contributed by atoms with Crippen molar-refractivity contribution in [1.82, 2.24) is 0 Å². The first-order valence-corrected chi connectivity index (χ1v) is 6.14. The average molecular weight is 267 g/mol. The van der Waals surface area contributed by atoms with Gasteiger partial charge in [-0.05, 0) is 11.6 Å². The summed E-state index contributed by atoms with van der Waals surface area (Å²) in [5.74, 6) is -0.230. The lowest BCUT2D eigenvalue weighted by Crippen LogP contribution is -2.06. The molecule has 0 spiro atoms. The number of nitrogens with zero attached hydrogens (tertiary/aromatic N) is 1. The zero-order valence-electron chi connectivity index (χ0n) is 10.7. The largest absolute Gasteiger partial charge is 0.289 e. The van der Waals surface area contributed by atoms with Crippen LogP contribution in [0.5, 0.6) is 0 Å². The highest BCUT2D eigenvalue weighted by atomic mass is 16.6. The fourth-order valence-corrected chi connectivity index (χ4v) is 1.86. The topological polar surface area (TPSA) is 60.2 Å². The van der Waals surface area contributed by atoms with Crippen molar-refractivity contribution in [3.63, 3.8) is 0 Å². The van der Waals surface area contributed by atoms with Crippen molar-refractivity contribution < 1.29 is 9.72 Å². The van der Waals surface area contributed by atoms with Gasteiger partial charge < -0.3 is 0 Å². The summed E-state index contributed by atoms with van der Waals surface area (Å²) in [7, 11) is 0. The summed E-state index contributed by atoms with van der Waals surface area (Å²) in [5.41, 5.74) is 1.61. The molecule has 4 heteroatoms. The van der Waals surface area contributed by atoms with Crippen LogP contribution in [0.1, 0.15) is 15.9 Å². The minimum absolute atomic E-state index is 0.230. The summed E-state index contributed by atoms with van der Waals surface area (Å²) < 4.78 is 0. The first-order chi connectivity index (χ1) is 9.66. The van der Waals surface area contributed by atoms with Crippen molar-refractivity contribution >= 4 is 11.4 Å². The van der Waals surface area contributed by atoms with Crippen molar-refractivity contribution in [1.29, 1.82) is 0 Å². The van der Waals surface area contributed by atoms with Gasteiger partial charge in [0, 0.05) is 16.1 Å². The monoisotopic (exact) mass is 267 g/mol. The van der Waals surface area contributed by atoms with E-state index in [2.05, 4.69) is 0 Å². The lowest BCUT2D eigenvalue weighted by atomic mass is 10.0. The second kappa shape index (κ2) is 6.43. The maximum atomic E-state index is 12.1. The first-order valence-electron chi connectivity index (χ1n) is 6.14. The Morgan fingerprint density at radius 2 is 1.45 bits per heavy atom. The van der Waals surface area contributed by atoms with Gasteiger partial charge in [0.05, 0.1) is 0 Å². The Kier molecular flexibility index (Phi) is 4.39. The number of allylic oxidation sites excluding steroid dienone is 1. The molecule has 2 aromatic carbocycles. The second-order valence-corrected chi connectivity index (χ2v) is 4.26. The smallest absolute Gasteiger partial charge is 0.229 e. The van der Waals surface area contributed by atoms with E-state index in [1.54, 1.807) is 48.5 Å². The summed E-state index contributed by atoms with van der Waals surface area (Å²) in [4.78, 5) is 22.4. The van der Waals surface area contributed by atoms with Crippen molar-refractivity contribution in [3.8, 4) is 0 Å². The Morgan fingerprint density at radius 3 is 1.95 bits per heavy atom. The van der Waals surface area contributed by atoms with E-state index in [1.807, 2.05) is 12.1 Å². The standard InChI is InChI=1S/C16H13NO3/c18-16(14-9-5-2-6-10-14)11-15(12-17(19)20)13-7-3-1-4-8-13/h1-11H,12H2/b15-11+. The summed E-state index contributed by atoms with van der Waals surface area (Å²) in [6.07, 6.45) is 1.34. The number of carbonyl (C=O) groups is 1. The van der Waals surface area contributed by atoms with Gasteiger partial charge in [-0.1, -0.05) is 60.7 Å². The van der Waals surface area contributed by atoms with Gasteiger partial charge in [-0.25, -0.2) is 0 Å². The minimum atomic E-state index is -0.433. The van der Waals surface area contributed by atoms with Crippen LogP contribution in [0, 0.1) is 10.1 Å². The molecule has 4 nitrogen and oxygen atoms in total. The molecule has 100 valence electrons. The van der Waals surface area contributed by atoms with Gasteiger partial charge in [0.15, 0.2) is 5.78 Å². The number of rotatable bonds is 5. The molecule has 0 unspecified atom stereocenters. The lowest BCUT2D eigenvalue weighted by Gasteiger charge is -2.03. The average Bonchev–Trinajstić information content (AvgIpc) is 2.48. The fraction of sp³-hybridized carbons (Fsp3) is 0.0625. The van der Waals surface area contributed by atoms with E-state index in [0.717, 1.165) is 0 Å². The van der Waals surface area contributed by atoms with Crippen LogP contribution >= 0.6 is 0 Å². The maximum absolute atomic E-state index is 12.1. The predicted molar refractivity (Wildman–Crippen MR) is 77.1 cm³/mol. The molecule has 0 saturated heterocycles. The van der Waals surface area contributed by atoms with E-state index in [1.165, 1.54) is 6.08 Å². The molecule has 2 aromatic rings. The van der Waals surface area contributed by atoms with Crippen molar-refractivity contribution in [2.75, 3.05) is 6.54 Å². The molecule has 0 bridgehead atoms. The number of ketones is 1. The van der Waals surface area contributed by atoms with Gasteiger partial charge in [0.1, 0.15) is 0 Å². The second-order valence-electron chi connectivity index (χ2n) is 4.26. The van der Waals surface area contributed by atoms with E-state index in [0.29, 0.717) is 16.7 Å². The van der Waals surface area contributed by atoms with E-state index in [4.69, 9.17) is 0 Å². The highest BCUT2D eigenvalue weighted by Crippen LogP contribution is 2.15. The van der Waals surface area contributed by atoms with Crippen LogP contribution in [-0.2, 0) is 0 Å². The van der Waals surface area contributed by atoms with E-state index >= 15 is 0 Å². The fourth-order valence-electron chi connectivity index (χ4n) is 1.86. The minimum Gasteiger partial charge on any atom is -0.289 e. The highest BCUT2D eigenvalue weighted by Gasteiger charge is 2.11. The molecule has 0 saturated carbocycles. The van der Waals surface area contributed by atoms with Crippen LogP contribution in [0.2, 0.25) is 0 Å². The molecule has 0 aliphatic carbocycles. The maximum Gasteiger partial charge on any atom is 0.229 e. The molecule has 0 aromatic heterocycles. The number of nitro groups is 1. The van der Waals surface area contributed by atoms with Crippen LogP contribution in [0.4, 0.5) is 0 Å². The molecule has 0 heterocycles. The summed E-state index contributed by atoms with van der Waals surface area (Å²) >= 11 is 0. The Hall–Kier alpha value is -2.75. The summed E-state index contributed by atoms with van der Waals surface area (Å²) in [6, 6.07) is 17.6. The van der Waals surface area contributed by atoms with Crippen molar-refractivity contribution in [2.45, 2.75) is 0 Å². The molecule has 0 amide bonds. The molecular formula is C16H13NO3. The van der Waals surface area contributed by atoms with Gasteiger partial charge in [-0.15, -0.1) is 0 Å². The van der Waals surface area contributed by atoms with Gasteiger partial charge in [0.2, 0.25) is 6.54 Å². The molecule has 20 heavy (non-hydrogen) atoms. The number of hydrogen-bond acceptors (Lipinski definition) is 3. The van der Waals surface area contributed by atoms with Crippen molar-refractivity contribution in [3.05, 3.63) is 88.0 Å². The third-order valence-corrected chi connectivity index (χ3v) is 2.81. The molecule has 0 aliphatic rings. The number of benzene rings is 2. The third-order valence-electron chi connectivity index (χ3n) is 2.81. The normalized spacial score (nSPS) is 11.1. The summed E-state index contributed by atoms with van der Waals surface area (Å²) in [6.45, 7) is -0.372. The first kappa shape index (κ1) is 13.7. The van der Waals surface area contributed by atoms with Crippen LogP contribution in [0.15, 0.2) is 66.7 Å². The Labute approximate surface area is 116 Å². The predicted octanol–water partition coefficient (Wildman–Crippen LogP) is 3.23. The van der Waals surface area contributed by atoms with Crippen molar-refractivity contribution in [2.24, 2.45) is 0 Å². The van der Waals surface area contributed by atoms with E-state index in [-0.39, 0.29) is 12.3 Å². The Balaban J connectivity index is 2.34. The third kappa shape index (κ3) is 3.62. The number of hydrogen-bond donors (Lipinski definition) is 0. The van der Waals surface area contributed by atoms with Gasteiger partial charge >= 0.3 is 0 Å². The zero-order valence-corrected chi connectivity index (χ0v) is 10.7. The molecule has 0 N–H and O–H groups in total. The van der Waals surface area contributed by atoms with Crippen LogP contribution in [-0.4, -0.2) is 17.3 Å². The number of carbonyl (C=O) groups excluding carboxylic acids is 1. The Bertz CT molecular complexity index is 633. The molecule has 0 fully saturated rings. The molecule has 2 rings (SSSR count). The van der Waals surface area contributed by atoms with Crippen LogP contribution in [0.25, 0.3) is 5.57 Å². The van der Waals surface area contributed by atoms with E-state index in [9.17, 15) is 14.9 Å². The van der Waals surface area contributed by atoms with Gasteiger partial charge in [-0.2, -0.15) is 0 Å². The van der Waals surface area contributed by atoms with Crippen LogP contribution < -0.4 is 0 Å². The SMILES string of the molecule is O=C(/C=C(\C[N+](=O)[O-])c1ccccc1)c1ccccc1. The van der Waals surface area contributed by atoms with Gasteiger partial charge in [0.25, 0.3) is 0 Å². The lowest BCUT2D eigenvalue weighted by molar-refractivity contribution is -0.465. The Morgan fingerprint density at radius 1 is 0.950 bits per heavy atom. The molecule has 0 aliphatic heterocycles. The summed E-state index contributed by atoms with van der Waals surface area (Å²) in [5, 5.41) is 10.8. The zero-order chi connectivity index (χ0) is 14.4. The molecule has 0 radical (unpaired) electrons. The molecular weight excluding hydrogens is 254 g/mol. The van der Waals surface area contributed by atoms with E-state index < -0.39 is 4.92 Å². The van der Waals surface area contributed by atoms with Crippen LogP contribution in [0.3, 0.4) is 0 Å². The van der Waals surface area contributed by atoms with Gasteiger partial charge in [-0.3, -0.25) is 14.9 Å². The molecule has 0 atom stereocenters.